The first-order valence-electron chi connectivity index (χ1n) is 9.23. The zero-order valence-corrected chi connectivity index (χ0v) is 18.0. The zero-order valence-electron chi connectivity index (χ0n) is 17.2. The van der Waals surface area contributed by atoms with Crippen molar-refractivity contribution in [3.8, 4) is 17.2 Å². The van der Waals surface area contributed by atoms with Gasteiger partial charge in [-0.1, -0.05) is 32.0 Å². The molecule has 8 nitrogen and oxygen atoms in total. The molecule has 0 bridgehead atoms. The topological polar surface area (TPSA) is 116 Å². The second kappa shape index (κ2) is 8.58. The van der Waals surface area contributed by atoms with Crippen molar-refractivity contribution < 1.29 is 17.9 Å². The Hall–Kier alpha value is -3.33. The second-order valence-electron chi connectivity index (χ2n) is 7.00. The summed E-state index contributed by atoms with van der Waals surface area (Å²) in [7, 11) is -2.10. The van der Waals surface area contributed by atoms with Gasteiger partial charge in [0, 0.05) is 23.6 Å². The predicted octanol–water partition coefficient (Wildman–Crippen LogP) is 4.13. The first-order valence-corrected chi connectivity index (χ1v) is 11.1. The van der Waals surface area contributed by atoms with E-state index in [9.17, 15) is 8.42 Å². The molecule has 0 aliphatic carbocycles. The molecule has 3 rings (SSSR count). The Morgan fingerprint density at radius 1 is 1.07 bits per heavy atom. The molecule has 2 aromatic carbocycles. The Labute approximate surface area is 176 Å². The molecule has 30 heavy (non-hydrogen) atoms. The third-order valence-electron chi connectivity index (χ3n) is 4.35. The van der Waals surface area contributed by atoms with Crippen LogP contribution in [0.3, 0.4) is 0 Å². The summed E-state index contributed by atoms with van der Waals surface area (Å²) in [5.74, 6) is 1.32. The quantitative estimate of drug-likeness (QED) is 0.577. The molecule has 0 unspecified atom stereocenters. The smallest absolute Gasteiger partial charge is 0.229 e. The summed E-state index contributed by atoms with van der Waals surface area (Å²) in [6.07, 6.45) is 2.56. The standard InChI is InChI=1S/C21H24N4O4S/c1-13(2)15-10-17(28-3)19(30(4,26)27)11-16(15)29-18-12-23-21(25-20(18)22)24-14-8-6-5-7-9-14/h5-13H,1-4H3,(H3,22,23,24,25). The van der Waals surface area contributed by atoms with Crippen LogP contribution < -0.4 is 20.5 Å². The van der Waals surface area contributed by atoms with Crippen LogP contribution in [0.15, 0.2) is 53.6 Å². The van der Waals surface area contributed by atoms with Crippen LogP contribution in [0.5, 0.6) is 17.2 Å². The van der Waals surface area contributed by atoms with Gasteiger partial charge in [0.2, 0.25) is 5.95 Å². The van der Waals surface area contributed by atoms with E-state index in [1.54, 1.807) is 6.07 Å². The summed E-state index contributed by atoms with van der Waals surface area (Å²) in [6.45, 7) is 3.93. The minimum atomic E-state index is -3.53. The van der Waals surface area contributed by atoms with E-state index in [1.807, 2.05) is 44.2 Å². The molecule has 158 valence electrons. The van der Waals surface area contributed by atoms with Gasteiger partial charge in [-0.2, -0.15) is 4.98 Å². The lowest BCUT2D eigenvalue weighted by Crippen LogP contribution is -2.06. The molecule has 0 saturated heterocycles. The van der Waals surface area contributed by atoms with Crippen molar-refractivity contribution in [2.45, 2.75) is 24.7 Å². The van der Waals surface area contributed by atoms with Crippen LogP contribution in [0.1, 0.15) is 25.3 Å². The Bertz CT molecular complexity index is 1150. The van der Waals surface area contributed by atoms with Gasteiger partial charge in [0.1, 0.15) is 16.4 Å². The number of nitrogens with one attached hydrogen (secondary N) is 1. The van der Waals surface area contributed by atoms with Crippen LogP contribution in [-0.4, -0.2) is 31.8 Å². The van der Waals surface area contributed by atoms with Gasteiger partial charge in [-0.05, 0) is 24.1 Å². The van der Waals surface area contributed by atoms with Gasteiger partial charge >= 0.3 is 0 Å². The number of sulfone groups is 1. The number of hydrogen-bond donors (Lipinski definition) is 2. The molecule has 0 aliphatic heterocycles. The lowest BCUT2D eigenvalue weighted by Gasteiger charge is -2.18. The van der Waals surface area contributed by atoms with E-state index in [4.69, 9.17) is 15.2 Å². The van der Waals surface area contributed by atoms with E-state index in [0.717, 1.165) is 17.5 Å². The number of rotatable bonds is 7. The van der Waals surface area contributed by atoms with Crippen molar-refractivity contribution in [2.75, 3.05) is 24.4 Å². The number of hydrogen-bond acceptors (Lipinski definition) is 8. The molecule has 3 aromatic rings. The van der Waals surface area contributed by atoms with E-state index in [1.165, 1.54) is 19.4 Å². The number of anilines is 3. The highest BCUT2D eigenvalue weighted by Gasteiger charge is 2.21. The molecule has 0 radical (unpaired) electrons. The fourth-order valence-electron chi connectivity index (χ4n) is 2.84. The van der Waals surface area contributed by atoms with Gasteiger partial charge in [0.05, 0.1) is 13.3 Å². The van der Waals surface area contributed by atoms with Gasteiger partial charge in [0.15, 0.2) is 21.4 Å². The first-order chi connectivity index (χ1) is 14.2. The number of nitrogen functional groups attached to an aromatic ring is 1. The molecule has 0 amide bonds. The summed E-state index contributed by atoms with van der Waals surface area (Å²) in [5.41, 5.74) is 7.66. The van der Waals surface area contributed by atoms with Crippen molar-refractivity contribution >= 4 is 27.3 Å². The van der Waals surface area contributed by atoms with E-state index in [-0.39, 0.29) is 28.1 Å². The Morgan fingerprint density at radius 2 is 1.77 bits per heavy atom. The van der Waals surface area contributed by atoms with Crippen molar-refractivity contribution in [1.29, 1.82) is 0 Å². The van der Waals surface area contributed by atoms with E-state index in [2.05, 4.69) is 15.3 Å². The third-order valence-corrected chi connectivity index (χ3v) is 5.47. The van der Waals surface area contributed by atoms with Crippen LogP contribution in [0, 0.1) is 0 Å². The molecular weight excluding hydrogens is 404 g/mol. The maximum atomic E-state index is 12.2. The summed E-state index contributed by atoms with van der Waals surface area (Å²) in [6, 6.07) is 12.5. The summed E-state index contributed by atoms with van der Waals surface area (Å²) < 4.78 is 35.6. The average molecular weight is 429 g/mol. The summed E-state index contributed by atoms with van der Waals surface area (Å²) in [4.78, 5) is 8.51. The molecule has 0 saturated carbocycles. The largest absolute Gasteiger partial charge is 0.495 e. The zero-order chi connectivity index (χ0) is 21.9. The second-order valence-corrected chi connectivity index (χ2v) is 8.99. The van der Waals surface area contributed by atoms with Crippen LogP contribution in [0.25, 0.3) is 0 Å². The molecule has 9 heteroatoms. The number of benzene rings is 2. The highest BCUT2D eigenvalue weighted by Crippen LogP contribution is 2.39. The van der Waals surface area contributed by atoms with Crippen LogP contribution in [-0.2, 0) is 9.84 Å². The molecule has 1 aromatic heterocycles. The first kappa shape index (κ1) is 21.4. The third kappa shape index (κ3) is 4.80. The monoisotopic (exact) mass is 428 g/mol. The van der Waals surface area contributed by atoms with Gasteiger partial charge in [-0.15, -0.1) is 0 Å². The van der Waals surface area contributed by atoms with Gasteiger partial charge in [-0.25, -0.2) is 13.4 Å². The minimum Gasteiger partial charge on any atom is -0.495 e. The van der Waals surface area contributed by atoms with Gasteiger partial charge < -0.3 is 20.5 Å². The fraction of sp³-hybridized carbons (Fsp3) is 0.238. The van der Waals surface area contributed by atoms with Crippen LogP contribution in [0.4, 0.5) is 17.5 Å². The molecular formula is C21H24N4O4S. The van der Waals surface area contributed by atoms with E-state index in [0.29, 0.717) is 11.7 Å². The maximum Gasteiger partial charge on any atom is 0.229 e. The highest BCUT2D eigenvalue weighted by atomic mass is 32.2. The van der Waals surface area contributed by atoms with Crippen LogP contribution >= 0.6 is 0 Å². The Morgan fingerprint density at radius 3 is 2.33 bits per heavy atom. The molecule has 1 heterocycles. The van der Waals surface area contributed by atoms with Gasteiger partial charge in [0.25, 0.3) is 0 Å². The molecule has 3 N–H and O–H groups in total. The molecule has 0 spiro atoms. The van der Waals surface area contributed by atoms with Crippen molar-refractivity contribution in [3.05, 3.63) is 54.2 Å². The number of methoxy groups -OCH3 is 1. The SMILES string of the molecule is COc1cc(C(C)C)c(Oc2cnc(Nc3ccccc3)nc2N)cc1S(C)(=O)=O. The number of nitrogens with two attached hydrogens (primary N) is 1. The molecule has 0 atom stereocenters. The van der Waals surface area contributed by atoms with Crippen molar-refractivity contribution in [2.24, 2.45) is 0 Å². The maximum absolute atomic E-state index is 12.2. The summed E-state index contributed by atoms with van der Waals surface area (Å²) in [5, 5.41) is 3.06. The normalized spacial score (nSPS) is 11.4. The average Bonchev–Trinajstić information content (AvgIpc) is 2.69. The lowest BCUT2D eigenvalue weighted by molar-refractivity contribution is 0.398. The predicted molar refractivity (Wildman–Crippen MR) is 116 cm³/mol. The number of para-hydroxylation sites is 1. The Kier molecular flexibility index (Phi) is 6.12. The number of nitrogens with zero attached hydrogens (tertiary/aromatic N) is 2. The summed E-state index contributed by atoms with van der Waals surface area (Å²) >= 11 is 0. The van der Waals surface area contributed by atoms with E-state index >= 15 is 0 Å². The van der Waals surface area contributed by atoms with Crippen molar-refractivity contribution in [3.63, 3.8) is 0 Å². The molecule has 0 aliphatic rings. The molecule has 0 fully saturated rings. The minimum absolute atomic E-state index is 0.0336. The number of ether oxygens (including phenoxy) is 2. The highest BCUT2D eigenvalue weighted by molar-refractivity contribution is 7.90. The van der Waals surface area contributed by atoms with E-state index < -0.39 is 9.84 Å². The lowest BCUT2D eigenvalue weighted by atomic mass is 10.0. The van der Waals surface area contributed by atoms with Crippen molar-refractivity contribution in [1.82, 2.24) is 9.97 Å². The Balaban J connectivity index is 1.97. The fourth-order valence-corrected chi connectivity index (χ4v) is 3.67. The van der Waals surface area contributed by atoms with Crippen LogP contribution in [0.2, 0.25) is 0 Å². The number of aromatic nitrogens is 2. The van der Waals surface area contributed by atoms with Gasteiger partial charge in [-0.3, -0.25) is 0 Å².